The van der Waals surface area contributed by atoms with Crippen LogP contribution < -0.4 is 5.32 Å². The van der Waals surface area contributed by atoms with Crippen LogP contribution in [0.3, 0.4) is 0 Å². The van der Waals surface area contributed by atoms with Gasteiger partial charge in [-0.3, -0.25) is 4.57 Å². The molecule has 2 amide bonds. The number of anilines is 1. The van der Waals surface area contributed by atoms with E-state index in [0.717, 1.165) is 38.7 Å². The minimum atomic E-state index is -0.133. The Morgan fingerprint density at radius 2 is 1.66 bits per heavy atom. The molecule has 5 aromatic rings. The lowest BCUT2D eigenvalue weighted by molar-refractivity contribution is 0.205. The number of nitrogens with one attached hydrogen (secondary N) is 1. The summed E-state index contributed by atoms with van der Waals surface area (Å²) >= 11 is 1.65. The van der Waals surface area contributed by atoms with Crippen molar-refractivity contribution in [2.45, 2.75) is 33.4 Å². The molecule has 3 aromatic carbocycles. The SMILES string of the molecule is CCc1ccc(NC(=O)N(Cc2ccc(C)cc2)Cc2cccn2-c2nc3ccccc3s2)cc1. The maximum Gasteiger partial charge on any atom is 0.322 e. The molecule has 0 aliphatic carbocycles. The van der Waals surface area contributed by atoms with Crippen molar-refractivity contribution >= 4 is 33.3 Å². The molecule has 0 saturated heterocycles. The zero-order valence-corrected chi connectivity index (χ0v) is 20.8. The van der Waals surface area contributed by atoms with Crippen molar-refractivity contribution in [3.8, 4) is 5.13 Å². The number of hydrogen-bond acceptors (Lipinski definition) is 3. The molecule has 5 rings (SSSR count). The van der Waals surface area contributed by atoms with Gasteiger partial charge in [0.05, 0.1) is 16.8 Å². The first-order valence-corrected chi connectivity index (χ1v) is 12.6. The number of carbonyl (C=O) groups excluding carboxylic acids is 1. The molecule has 0 aliphatic rings. The number of thiazole rings is 1. The third-order valence-electron chi connectivity index (χ3n) is 6.07. The van der Waals surface area contributed by atoms with E-state index >= 15 is 0 Å². The molecule has 1 N–H and O–H groups in total. The minimum absolute atomic E-state index is 0.133. The largest absolute Gasteiger partial charge is 0.322 e. The van der Waals surface area contributed by atoms with Crippen molar-refractivity contribution in [1.29, 1.82) is 0 Å². The van der Waals surface area contributed by atoms with E-state index in [-0.39, 0.29) is 6.03 Å². The number of amides is 2. The Labute approximate surface area is 209 Å². The number of rotatable bonds is 7. The highest BCUT2D eigenvalue weighted by molar-refractivity contribution is 7.20. The molecule has 5 nitrogen and oxygen atoms in total. The lowest BCUT2D eigenvalue weighted by atomic mass is 10.1. The van der Waals surface area contributed by atoms with Crippen LogP contribution in [0.4, 0.5) is 10.5 Å². The van der Waals surface area contributed by atoms with Crippen molar-refractivity contribution in [3.05, 3.63) is 114 Å². The number of aromatic nitrogens is 2. The van der Waals surface area contributed by atoms with Gasteiger partial charge in [0.2, 0.25) is 0 Å². The Balaban J connectivity index is 1.42. The third kappa shape index (κ3) is 5.28. The van der Waals surface area contributed by atoms with Gasteiger partial charge in [-0.25, -0.2) is 9.78 Å². The number of aryl methyl sites for hydroxylation is 2. The number of benzene rings is 3. The second-order valence-electron chi connectivity index (χ2n) is 8.66. The topological polar surface area (TPSA) is 50.2 Å². The van der Waals surface area contributed by atoms with Gasteiger partial charge in [0.15, 0.2) is 5.13 Å². The molecule has 35 heavy (non-hydrogen) atoms. The molecule has 0 atom stereocenters. The van der Waals surface area contributed by atoms with Gasteiger partial charge in [-0.05, 0) is 60.9 Å². The second kappa shape index (κ2) is 10.2. The van der Waals surface area contributed by atoms with Crippen molar-refractivity contribution in [2.75, 3.05) is 5.32 Å². The fraction of sp³-hybridized carbons (Fsp3) is 0.172. The van der Waals surface area contributed by atoms with E-state index in [4.69, 9.17) is 4.98 Å². The molecule has 0 radical (unpaired) electrons. The van der Waals surface area contributed by atoms with E-state index in [2.05, 4.69) is 72.3 Å². The first kappa shape index (κ1) is 22.9. The summed E-state index contributed by atoms with van der Waals surface area (Å²) in [5, 5.41) is 3.98. The van der Waals surface area contributed by atoms with Gasteiger partial charge in [0, 0.05) is 24.1 Å². The maximum absolute atomic E-state index is 13.4. The summed E-state index contributed by atoms with van der Waals surface area (Å²) in [5.74, 6) is 0. The molecule has 176 valence electrons. The standard InChI is InChI=1S/C29H28N4OS/c1-3-22-14-16-24(17-15-22)30-28(34)32(19-23-12-10-21(2)11-13-23)20-25-7-6-18-33(25)29-31-26-8-4-5-9-27(26)35-29/h4-18H,3,19-20H2,1-2H3,(H,30,34). The van der Waals surface area contributed by atoms with E-state index in [1.165, 1.54) is 11.1 Å². The summed E-state index contributed by atoms with van der Waals surface area (Å²) in [4.78, 5) is 20.1. The number of fused-ring (bicyclic) bond motifs is 1. The third-order valence-corrected chi connectivity index (χ3v) is 7.11. The molecule has 0 fully saturated rings. The first-order valence-electron chi connectivity index (χ1n) is 11.8. The van der Waals surface area contributed by atoms with Crippen LogP contribution in [0.5, 0.6) is 0 Å². The number of nitrogens with zero attached hydrogens (tertiary/aromatic N) is 3. The van der Waals surface area contributed by atoms with E-state index in [9.17, 15) is 4.79 Å². The predicted molar refractivity (Wildman–Crippen MR) is 144 cm³/mol. The molecule has 0 aliphatic heterocycles. The van der Waals surface area contributed by atoms with Gasteiger partial charge in [0.25, 0.3) is 0 Å². The average Bonchev–Trinajstić information content (AvgIpc) is 3.52. The Kier molecular flexibility index (Phi) is 6.64. The zero-order valence-electron chi connectivity index (χ0n) is 19.9. The van der Waals surface area contributed by atoms with E-state index < -0.39 is 0 Å². The highest BCUT2D eigenvalue weighted by atomic mass is 32.1. The van der Waals surface area contributed by atoms with Gasteiger partial charge < -0.3 is 10.2 Å². The molecule has 0 spiro atoms. The smallest absolute Gasteiger partial charge is 0.314 e. The van der Waals surface area contributed by atoms with Crippen LogP contribution in [0.2, 0.25) is 0 Å². The normalized spacial score (nSPS) is 11.0. The summed E-state index contributed by atoms with van der Waals surface area (Å²) in [6.45, 7) is 5.15. The summed E-state index contributed by atoms with van der Waals surface area (Å²) in [6.07, 6.45) is 2.98. The van der Waals surface area contributed by atoms with Crippen LogP contribution in [0.15, 0.2) is 91.1 Å². The maximum atomic E-state index is 13.4. The van der Waals surface area contributed by atoms with Gasteiger partial charge in [0.1, 0.15) is 0 Å². The van der Waals surface area contributed by atoms with Crippen LogP contribution in [0, 0.1) is 6.92 Å². The van der Waals surface area contributed by atoms with Crippen LogP contribution in [-0.4, -0.2) is 20.5 Å². The second-order valence-corrected chi connectivity index (χ2v) is 9.67. The molecule has 0 bridgehead atoms. The lowest BCUT2D eigenvalue weighted by Crippen LogP contribution is -2.34. The minimum Gasteiger partial charge on any atom is -0.314 e. The molecular formula is C29H28N4OS. The molecule has 2 aromatic heterocycles. The fourth-order valence-electron chi connectivity index (χ4n) is 4.03. The van der Waals surface area contributed by atoms with Crippen molar-refractivity contribution in [1.82, 2.24) is 14.5 Å². The van der Waals surface area contributed by atoms with Crippen LogP contribution in [0.1, 0.15) is 29.3 Å². The Bertz CT molecular complexity index is 1400. The molecule has 0 saturated carbocycles. The van der Waals surface area contributed by atoms with E-state index in [1.54, 1.807) is 11.3 Å². The number of carbonyl (C=O) groups is 1. The average molecular weight is 481 g/mol. The van der Waals surface area contributed by atoms with Crippen LogP contribution in [0.25, 0.3) is 15.3 Å². The Hall–Kier alpha value is -3.90. The van der Waals surface area contributed by atoms with Crippen LogP contribution in [-0.2, 0) is 19.5 Å². The number of hydrogen-bond donors (Lipinski definition) is 1. The predicted octanol–water partition coefficient (Wildman–Crippen LogP) is 7.19. The van der Waals surface area contributed by atoms with E-state index in [0.29, 0.717) is 13.1 Å². The highest BCUT2D eigenvalue weighted by Gasteiger charge is 2.18. The summed E-state index contributed by atoms with van der Waals surface area (Å²) < 4.78 is 3.22. The van der Waals surface area contributed by atoms with Gasteiger partial charge in [-0.1, -0.05) is 72.4 Å². The fourth-order valence-corrected chi connectivity index (χ4v) is 5.01. The zero-order chi connectivity index (χ0) is 24.2. The molecule has 2 heterocycles. The number of para-hydroxylation sites is 1. The summed E-state index contributed by atoms with van der Waals surface area (Å²) in [7, 11) is 0. The van der Waals surface area contributed by atoms with Crippen molar-refractivity contribution in [2.24, 2.45) is 0 Å². The monoisotopic (exact) mass is 480 g/mol. The van der Waals surface area contributed by atoms with Crippen molar-refractivity contribution < 1.29 is 4.79 Å². The lowest BCUT2D eigenvalue weighted by Gasteiger charge is -2.24. The van der Waals surface area contributed by atoms with Crippen LogP contribution >= 0.6 is 11.3 Å². The summed E-state index contributed by atoms with van der Waals surface area (Å²) in [6, 6.07) is 28.4. The quantitative estimate of drug-likeness (QED) is 0.268. The Morgan fingerprint density at radius 1 is 0.914 bits per heavy atom. The van der Waals surface area contributed by atoms with E-state index in [1.807, 2.05) is 47.5 Å². The van der Waals surface area contributed by atoms with Gasteiger partial charge in [-0.2, -0.15) is 0 Å². The van der Waals surface area contributed by atoms with Gasteiger partial charge >= 0.3 is 6.03 Å². The molecular weight excluding hydrogens is 452 g/mol. The summed E-state index contributed by atoms with van der Waals surface area (Å²) in [5.41, 5.74) is 6.32. The molecule has 6 heteroatoms. The van der Waals surface area contributed by atoms with Gasteiger partial charge in [-0.15, -0.1) is 0 Å². The van der Waals surface area contributed by atoms with Crippen molar-refractivity contribution in [3.63, 3.8) is 0 Å². The molecule has 0 unspecified atom stereocenters. The first-order chi connectivity index (χ1) is 17.1. The Morgan fingerprint density at radius 3 is 2.40 bits per heavy atom. The number of urea groups is 1. The highest BCUT2D eigenvalue weighted by Crippen LogP contribution is 2.26.